The molecule has 1 aliphatic heterocycles. The van der Waals surface area contributed by atoms with Gasteiger partial charge in [0, 0.05) is 44.3 Å². The fraction of sp³-hybridized carbons (Fsp3) is 0.425. The molecule has 0 radical (unpaired) electrons. The summed E-state index contributed by atoms with van der Waals surface area (Å²) >= 11 is 0. The molecule has 2 unspecified atom stereocenters. The minimum Gasteiger partial charge on any atom is -0.497 e. The van der Waals surface area contributed by atoms with E-state index in [1.807, 2.05) is 88.4 Å². The summed E-state index contributed by atoms with van der Waals surface area (Å²) in [6.07, 6.45) is 1.38. The second-order valence-corrected chi connectivity index (χ2v) is 15.9. The summed E-state index contributed by atoms with van der Waals surface area (Å²) in [6.45, 7) is 8.90. The number of hydrogen-bond acceptors (Lipinski definition) is 7. The molecule has 2 heterocycles. The first-order valence-corrected chi connectivity index (χ1v) is 19.4. The van der Waals surface area contributed by atoms with E-state index < -0.39 is 28.2 Å². The van der Waals surface area contributed by atoms with E-state index >= 15 is 0 Å². The summed E-state index contributed by atoms with van der Waals surface area (Å²) in [5, 5.41) is 15.9. The van der Waals surface area contributed by atoms with Gasteiger partial charge in [-0.3, -0.25) is 9.78 Å². The van der Waals surface area contributed by atoms with Crippen LogP contribution in [0.15, 0.2) is 96.0 Å². The van der Waals surface area contributed by atoms with E-state index in [9.17, 15) is 23.1 Å². The molecule has 1 aliphatic rings. The van der Waals surface area contributed by atoms with Crippen LogP contribution in [0.5, 0.6) is 5.75 Å². The van der Waals surface area contributed by atoms with Crippen LogP contribution in [-0.2, 0) is 27.8 Å². The van der Waals surface area contributed by atoms with Gasteiger partial charge in [-0.15, -0.1) is 0 Å². The van der Waals surface area contributed by atoms with E-state index in [-0.39, 0.29) is 48.2 Å². The van der Waals surface area contributed by atoms with E-state index in [0.29, 0.717) is 31.8 Å². The second-order valence-electron chi connectivity index (χ2n) is 14.0. The fourth-order valence-corrected chi connectivity index (χ4v) is 8.39. The number of ether oxygens (including phenoxy) is 1. The second kappa shape index (κ2) is 17.3. The van der Waals surface area contributed by atoms with Gasteiger partial charge in [-0.1, -0.05) is 82.6 Å². The molecule has 4 aromatic rings. The number of sulfonamides is 1. The molecule has 11 nitrogen and oxygen atoms in total. The third-order valence-electron chi connectivity index (χ3n) is 9.76. The zero-order valence-corrected chi connectivity index (χ0v) is 31.5. The molecule has 3 aromatic carbocycles. The standard InChI is InChI=1S/C40H51N5O6S/c1-6-29(4)38(45-23-22-43(40(45)48)26-31-20-21-41-35-15-11-10-14-34(31)35)39(47)42-36(24-30-12-8-7-9-13-30)37(46)27-44(25-28(2)3)52(49,50)33-18-16-32(51-5)17-19-33/h7-21,28-29,36-38,46H,6,22-27H2,1-5H3,(H,42,47)/t29?,36-,37+,38?/m0/s1. The van der Waals surface area contributed by atoms with Crippen LogP contribution in [0.25, 0.3) is 10.9 Å². The molecule has 3 amide bonds. The topological polar surface area (TPSA) is 132 Å². The van der Waals surface area contributed by atoms with Gasteiger partial charge in [0.05, 0.1) is 29.7 Å². The number of fused-ring (bicyclic) bond motifs is 1. The SMILES string of the molecule is CCC(C)C(C(=O)N[C@@H](Cc1ccccc1)[C@H](O)CN(CC(C)C)S(=O)(=O)c1ccc(OC)cc1)N1CCN(Cc2ccnc3ccccc23)C1=O. The van der Waals surface area contributed by atoms with Crippen molar-refractivity contribution in [1.82, 2.24) is 24.4 Å². The molecular formula is C40H51N5O6S. The lowest BCUT2D eigenvalue weighted by molar-refractivity contribution is -0.128. The van der Waals surface area contributed by atoms with Gasteiger partial charge in [0.2, 0.25) is 15.9 Å². The van der Waals surface area contributed by atoms with Gasteiger partial charge in [0.15, 0.2) is 0 Å². The summed E-state index contributed by atoms with van der Waals surface area (Å²) < 4.78 is 34.3. The van der Waals surface area contributed by atoms with Crippen LogP contribution in [0, 0.1) is 11.8 Å². The average molecular weight is 730 g/mol. The first-order valence-electron chi connectivity index (χ1n) is 18.0. The van der Waals surface area contributed by atoms with E-state index in [0.717, 1.165) is 22.0 Å². The van der Waals surface area contributed by atoms with E-state index in [1.165, 1.54) is 23.5 Å². The predicted octanol–water partition coefficient (Wildman–Crippen LogP) is 5.33. The van der Waals surface area contributed by atoms with Crippen molar-refractivity contribution in [3.8, 4) is 5.75 Å². The van der Waals surface area contributed by atoms with Gasteiger partial charge in [0.1, 0.15) is 11.8 Å². The number of urea groups is 1. The number of nitrogens with one attached hydrogen (secondary N) is 1. The highest BCUT2D eigenvalue weighted by molar-refractivity contribution is 7.89. The Morgan fingerprint density at radius 1 is 0.962 bits per heavy atom. The summed E-state index contributed by atoms with van der Waals surface area (Å²) in [5.74, 6) is -0.0758. The molecule has 2 N–H and O–H groups in total. The molecule has 4 atom stereocenters. The van der Waals surface area contributed by atoms with Crippen molar-refractivity contribution in [1.29, 1.82) is 0 Å². The minimum atomic E-state index is -4.01. The van der Waals surface area contributed by atoms with Gasteiger partial charge in [-0.05, 0) is 65.8 Å². The van der Waals surface area contributed by atoms with Crippen LogP contribution in [0.1, 0.15) is 45.2 Å². The highest BCUT2D eigenvalue weighted by Gasteiger charge is 2.41. The Labute approximate surface area is 307 Å². The van der Waals surface area contributed by atoms with Crippen LogP contribution < -0.4 is 10.1 Å². The Morgan fingerprint density at radius 2 is 1.65 bits per heavy atom. The highest BCUT2D eigenvalue weighted by Crippen LogP contribution is 2.26. The van der Waals surface area contributed by atoms with Crippen molar-refractivity contribution >= 4 is 32.9 Å². The Bertz CT molecular complexity index is 1900. The van der Waals surface area contributed by atoms with E-state index in [1.54, 1.807) is 28.1 Å². The molecule has 0 bridgehead atoms. The number of carbonyl (C=O) groups excluding carboxylic acids is 2. The molecule has 1 aromatic heterocycles. The number of benzene rings is 3. The lowest BCUT2D eigenvalue weighted by Crippen LogP contribution is -2.57. The molecule has 1 fully saturated rings. The molecule has 0 spiro atoms. The van der Waals surface area contributed by atoms with E-state index in [4.69, 9.17) is 4.74 Å². The normalized spacial score (nSPS) is 16.0. The molecular weight excluding hydrogens is 679 g/mol. The Hall–Kier alpha value is -4.52. The monoisotopic (exact) mass is 729 g/mol. The van der Waals surface area contributed by atoms with Crippen LogP contribution in [0.2, 0.25) is 0 Å². The summed E-state index contributed by atoms with van der Waals surface area (Å²) in [7, 11) is -2.50. The van der Waals surface area contributed by atoms with Crippen LogP contribution in [-0.4, -0.2) is 96.0 Å². The third-order valence-corrected chi connectivity index (χ3v) is 11.6. The number of methoxy groups -OCH3 is 1. The maximum Gasteiger partial charge on any atom is 0.321 e. The van der Waals surface area contributed by atoms with Crippen molar-refractivity contribution in [3.63, 3.8) is 0 Å². The number of aliphatic hydroxyl groups is 1. The van der Waals surface area contributed by atoms with Crippen molar-refractivity contribution in [2.24, 2.45) is 11.8 Å². The lowest BCUT2D eigenvalue weighted by atomic mass is 9.95. The Morgan fingerprint density at radius 3 is 2.33 bits per heavy atom. The number of aromatic nitrogens is 1. The zero-order chi connectivity index (χ0) is 37.4. The number of pyridine rings is 1. The largest absolute Gasteiger partial charge is 0.497 e. The third kappa shape index (κ3) is 9.09. The maximum absolute atomic E-state index is 14.4. The van der Waals surface area contributed by atoms with Crippen molar-refractivity contribution in [2.75, 3.05) is 33.3 Å². The molecule has 0 aliphatic carbocycles. The van der Waals surface area contributed by atoms with Crippen molar-refractivity contribution in [3.05, 3.63) is 102 Å². The first-order chi connectivity index (χ1) is 24.9. The average Bonchev–Trinajstić information content (AvgIpc) is 3.49. The fourth-order valence-electron chi connectivity index (χ4n) is 6.77. The Kier molecular flexibility index (Phi) is 12.9. The predicted molar refractivity (Wildman–Crippen MR) is 202 cm³/mol. The smallest absolute Gasteiger partial charge is 0.321 e. The van der Waals surface area contributed by atoms with Crippen molar-refractivity contribution < 1.29 is 27.9 Å². The zero-order valence-electron chi connectivity index (χ0n) is 30.7. The van der Waals surface area contributed by atoms with Crippen LogP contribution in [0.4, 0.5) is 4.79 Å². The Balaban J connectivity index is 1.38. The van der Waals surface area contributed by atoms with Crippen molar-refractivity contribution in [2.45, 2.75) is 70.2 Å². The van der Waals surface area contributed by atoms with E-state index in [2.05, 4.69) is 10.3 Å². The lowest BCUT2D eigenvalue weighted by Gasteiger charge is -2.35. The summed E-state index contributed by atoms with van der Waals surface area (Å²) in [6, 6.07) is 23.5. The van der Waals surface area contributed by atoms with Crippen LogP contribution in [0.3, 0.4) is 0 Å². The van der Waals surface area contributed by atoms with Gasteiger partial charge in [-0.25, -0.2) is 13.2 Å². The minimum absolute atomic E-state index is 0.0357. The number of hydrogen-bond donors (Lipinski definition) is 2. The molecule has 5 rings (SSSR count). The maximum atomic E-state index is 14.4. The number of amides is 3. The summed E-state index contributed by atoms with van der Waals surface area (Å²) in [5.41, 5.74) is 2.70. The molecule has 1 saturated heterocycles. The van der Waals surface area contributed by atoms with Gasteiger partial charge in [0.25, 0.3) is 0 Å². The highest BCUT2D eigenvalue weighted by atomic mass is 32.2. The van der Waals surface area contributed by atoms with Gasteiger partial charge < -0.3 is 25.0 Å². The molecule has 278 valence electrons. The van der Waals surface area contributed by atoms with Gasteiger partial charge >= 0.3 is 6.03 Å². The number of rotatable bonds is 17. The molecule has 0 saturated carbocycles. The molecule has 12 heteroatoms. The number of carbonyl (C=O) groups is 2. The number of para-hydroxylation sites is 1. The van der Waals surface area contributed by atoms with Gasteiger partial charge in [-0.2, -0.15) is 4.31 Å². The summed E-state index contributed by atoms with van der Waals surface area (Å²) in [4.78, 5) is 36.3. The number of nitrogens with zero attached hydrogens (tertiary/aromatic N) is 4. The van der Waals surface area contributed by atoms with Crippen LogP contribution >= 0.6 is 0 Å². The quantitative estimate of drug-likeness (QED) is 0.150. The molecule has 52 heavy (non-hydrogen) atoms. The first kappa shape index (κ1) is 38.7. The number of aliphatic hydroxyl groups excluding tert-OH is 1.